The molecule has 0 saturated carbocycles. The average molecular weight is 184 g/mol. The molecule has 1 atom stereocenters. The second kappa shape index (κ2) is 4.11. The molecule has 1 fully saturated rings. The summed E-state index contributed by atoms with van der Waals surface area (Å²) in [5, 5.41) is 7.30. The van der Waals surface area contributed by atoms with Gasteiger partial charge in [-0.1, -0.05) is 0 Å². The quantitative estimate of drug-likeness (QED) is 0.456. The minimum Gasteiger partial charge on any atom is -0.445 e. The molecule has 1 heterocycles. The van der Waals surface area contributed by atoms with Gasteiger partial charge in [0.05, 0.1) is 12.4 Å². The Labute approximate surface area is 77.3 Å². The predicted molar refractivity (Wildman–Crippen MR) is 48.3 cm³/mol. The van der Waals surface area contributed by atoms with E-state index in [-0.39, 0.29) is 11.9 Å². The van der Waals surface area contributed by atoms with Crippen LogP contribution in [-0.2, 0) is 4.74 Å². The van der Waals surface area contributed by atoms with Gasteiger partial charge in [-0.25, -0.2) is 4.79 Å². The number of nitrogens with zero attached hydrogens (tertiary/aromatic N) is 1. The fourth-order valence-corrected chi connectivity index (χ4v) is 1.44. The molecule has 0 bridgehead atoms. The lowest BCUT2D eigenvalue weighted by Gasteiger charge is -2.32. The standard InChI is InChI=1S/C8H14N3O2/c1-6(9)11-4-2-3-7(5-11)13-8(10)12/h7,9H,1-5H2,(H2,10,12). The highest BCUT2D eigenvalue weighted by Crippen LogP contribution is 2.12. The summed E-state index contributed by atoms with van der Waals surface area (Å²) in [6.45, 7) is 4.85. The topological polar surface area (TPSA) is 79.4 Å². The van der Waals surface area contributed by atoms with Gasteiger partial charge in [0.1, 0.15) is 6.10 Å². The van der Waals surface area contributed by atoms with Crippen molar-refractivity contribution in [2.75, 3.05) is 13.1 Å². The van der Waals surface area contributed by atoms with Crippen LogP contribution in [0.15, 0.2) is 0 Å². The van der Waals surface area contributed by atoms with Gasteiger partial charge in [0, 0.05) is 13.5 Å². The van der Waals surface area contributed by atoms with E-state index in [1.54, 1.807) is 4.90 Å². The number of nitrogens with two attached hydrogens (primary N) is 1. The lowest BCUT2D eigenvalue weighted by atomic mass is 10.1. The molecule has 1 rings (SSSR count). The maximum absolute atomic E-state index is 10.5. The number of amidine groups is 1. The van der Waals surface area contributed by atoms with E-state index in [2.05, 4.69) is 6.92 Å². The van der Waals surface area contributed by atoms with E-state index in [0.29, 0.717) is 6.54 Å². The molecule has 5 heteroatoms. The van der Waals surface area contributed by atoms with Crippen molar-refractivity contribution in [1.29, 1.82) is 5.41 Å². The Kier molecular flexibility index (Phi) is 3.11. The number of rotatable bonds is 1. The zero-order chi connectivity index (χ0) is 9.84. The molecule has 1 radical (unpaired) electrons. The number of carbonyl (C=O) groups excluding carboxylic acids is 1. The Morgan fingerprint density at radius 1 is 1.69 bits per heavy atom. The molecule has 0 spiro atoms. The first kappa shape index (κ1) is 9.83. The summed E-state index contributed by atoms with van der Waals surface area (Å²) < 4.78 is 4.84. The third-order valence-electron chi connectivity index (χ3n) is 2.04. The molecule has 1 amide bonds. The van der Waals surface area contributed by atoms with Gasteiger partial charge in [-0.05, 0) is 12.8 Å². The number of hydrogen-bond acceptors (Lipinski definition) is 3. The zero-order valence-electron chi connectivity index (χ0n) is 7.45. The number of nitrogens with one attached hydrogen (secondary N) is 1. The van der Waals surface area contributed by atoms with Crippen molar-refractivity contribution in [3.05, 3.63) is 6.92 Å². The summed E-state index contributed by atoms with van der Waals surface area (Å²) >= 11 is 0. The smallest absolute Gasteiger partial charge is 0.404 e. The van der Waals surface area contributed by atoms with Crippen molar-refractivity contribution in [2.24, 2.45) is 5.73 Å². The molecule has 0 aromatic heterocycles. The van der Waals surface area contributed by atoms with Gasteiger partial charge in [-0.2, -0.15) is 0 Å². The fourth-order valence-electron chi connectivity index (χ4n) is 1.44. The maximum Gasteiger partial charge on any atom is 0.404 e. The van der Waals surface area contributed by atoms with Crippen LogP contribution in [0.3, 0.4) is 0 Å². The first-order valence-electron chi connectivity index (χ1n) is 4.21. The minimum atomic E-state index is -0.748. The van der Waals surface area contributed by atoms with Gasteiger partial charge in [0.2, 0.25) is 0 Å². The maximum atomic E-state index is 10.5. The largest absolute Gasteiger partial charge is 0.445 e. The van der Waals surface area contributed by atoms with Crippen LogP contribution in [0, 0.1) is 12.3 Å². The molecule has 0 aliphatic carbocycles. The van der Waals surface area contributed by atoms with E-state index in [1.165, 1.54) is 0 Å². The van der Waals surface area contributed by atoms with Gasteiger partial charge in [0.25, 0.3) is 0 Å². The SMILES string of the molecule is [CH2]C(=N)N1CCCC(OC(N)=O)C1. The van der Waals surface area contributed by atoms with Crippen LogP contribution in [0.25, 0.3) is 0 Å². The van der Waals surface area contributed by atoms with Crippen molar-refractivity contribution in [3.8, 4) is 0 Å². The van der Waals surface area contributed by atoms with Crippen molar-refractivity contribution >= 4 is 11.9 Å². The van der Waals surface area contributed by atoms with Crippen LogP contribution >= 0.6 is 0 Å². The fraction of sp³-hybridized carbons (Fsp3) is 0.625. The number of carbonyl (C=O) groups is 1. The number of ether oxygens (including phenoxy) is 1. The summed E-state index contributed by atoms with van der Waals surface area (Å²) in [5.74, 6) is 0.262. The molecule has 13 heavy (non-hydrogen) atoms. The van der Waals surface area contributed by atoms with Crippen LogP contribution < -0.4 is 5.73 Å². The van der Waals surface area contributed by atoms with E-state index in [9.17, 15) is 4.79 Å². The molecule has 1 unspecified atom stereocenters. The first-order valence-corrected chi connectivity index (χ1v) is 4.21. The van der Waals surface area contributed by atoms with Gasteiger partial charge in [-0.15, -0.1) is 0 Å². The summed E-state index contributed by atoms with van der Waals surface area (Å²) in [6, 6.07) is 0. The van der Waals surface area contributed by atoms with Crippen molar-refractivity contribution in [3.63, 3.8) is 0 Å². The molecule has 0 aromatic carbocycles. The van der Waals surface area contributed by atoms with Gasteiger partial charge in [0.15, 0.2) is 0 Å². The monoisotopic (exact) mass is 184 g/mol. The van der Waals surface area contributed by atoms with E-state index < -0.39 is 6.09 Å². The molecule has 1 aliphatic rings. The average Bonchev–Trinajstić information content (AvgIpc) is 2.03. The highest BCUT2D eigenvalue weighted by molar-refractivity contribution is 5.83. The molecule has 73 valence electrons. The van der Waals surface area contributed by atoms with Crippen LogP contribution in [0.1, 0.15) is 12.8 Å². The predicted octanol–water partition coefficient (Wildman–Crippen LogP) is 0.357. The molecular weight excluding hydrogens is 170 g/mol. The lowest BCUT2D eigenvalue weighted by molar-refractivity contribution is 0.0681. The molecule has 3 N–H and O–H groups in total. The third kappa shape index (κ3) is 2.93. The molecule has 1 saturated heterocycles. The Morgan fingerprint density at radius 3 is 2.92 bits per heavy atom. The van der Waals surface area contributed by atoms with Gasteiger partial charge >= 0.3 is 6.09 Å². The zero-order valence-corrected chi connectivity index (χ0v) is 7.45. The summed E-state index contributed by atoms with van der Waals surface area (Å²) in [7, 11) is 0. The second-order valence-corrected chi connectivity index (χ2v) is 3.09. The number of likely N-dealkylation sites (tertiary alicyclic amines) is 1. The number of primary amides is 1. The van der Waals surface area contributed by atoms with E-state index >= 15 is 0 Å². The van der Waals surface area contributed by atoms with Crippen molar-refractivity contribution in [2.45, 2.75) is 18.9 Å². The minimum absolute atomic E-state index is 0.187. The molecule has 0 aromatic rings. The van der Waals surface area contributed by atoms with Crippen LogP contribution in [0.4, 0.5) is 4.79 Å². The Bertz CT molecular complexity index is 217. The van der Waals surface area contributed by atoms with Crippen LogP contribution in [0.2, 0.25) is 0 Å². The highest BCUT2D eigenvalue weighted by Gasteiger charge is 2.22. The molecule has 5 nitrogen and oxygen atoms in total. The molecule has 1 aliphatic heterocycles. The van der Waals surface area contributed by atoms with E-state index in [0.717, 1.165) is 19.4 Å². The molecular formula is C8H14N3O2. The van der Waals surface area contributed by atoms with E-state index in [1.807, 2.05) is 0 Å². The highest BCUT2D eigenvalue weighted by atomic mass is 16.6. The van der Waals surface area contributed by atoms with Crippen molar-refractivity contribution in [1.82, 2.24) is 4.90 Å². The number of piperidine rings is 1. The van der Waals surface area contributed by atoms with Crippen LogP contribution in [0.5, 0.6) is 0 Å². The second-order valence-electron chi connectivity index (χ2n) is 3.09. The lowest BCUT2D eigenvalue weighted by Crippen LogP contribution is -2.43. The Morgan fingerprint density at radius 2 is 2.38 bits per heavy atom. The normalized spacial score (nSPS) is 22.5. The van der Waals surface area contributed by atoms with Gasteiger partial charge in [-0.3, -0.25) is 5.41 Å². The van der Waals surface area contributed by atoms with Gasteiger partial charge < -0.3 is 15.4 Å². The summed E-state index contributed by atoms with van der Waals surface area (Å²) in [4.78, 5) is 12.2. The van der Waals surface area contributed by atoms with Crippen LogP contribution in [-0.4, -0.2) is 36.0 Å². The third-order valence-corrected chi connectivity index (χ3v) is 2.04. The van der Waals surface area contributed by atoms with E-state index in [4.69, 9.17) is 15.9 Å². The summed E-state index contributed by atoms with van der Waals surface area (Å²) in [6.07, 6.45) is 0.776. The summed E-state index contributed by atoms with van der Waals surface area (Å²) in [5.41, 5.74) is 4.90. The Hall–Kier alpha value is -1.26. The van der Waals surface area contributed by atoms with Crippen molar-refractivity contribution < 1.29 is 9.53 Å². The number of hydrogen-bond donors (Lipinski definition) is 2. The first-order chi connectivity index (χ1) is 6.09. The number of amides is 1. The Balaban J connectivity index is 2.41.